The van der Waals surface area contributed by atoms with E-state index in [-0.39, 0.29) is 29.6 Å². The van der Waals surface area contributed by atoms with Crippen LogP contribution in [0.2, 0.25) is 0 Å². The first-order valence-corrected chi connectivity index (χ1v) is 10.9. The smallest absolute Gasteiger partial charge is 0.347 e. The SMILES string of the molecule is CN(C)CCOC(=O)c1c(N(C)Cc2cccs2)oc(C=C2C=Nc3ncccc32)c1O. The second-order valence-electron chi connectivity index (χ2n) is 7.60. The van der Waals surface area contributed by atoms with Crippen molar-refractivity contribution in [1.82, 2.24) is 9.88 Å². The standard InChI is InChI=1S/C23H24N4O4S/c1-26(2)9-10-30-23(29)19-20(28)18(12-15-13-25-21-17(15)7-4-8-24-21)31-22(19)27(3)14-16-6-5-11-32-16/h4-8,11-13,28H,9-10,14H2,1-3H3. The second kappa shape index (κ2) is 9.37. The number of aromatic hydroxyl groups is 1. The molecular weight excluding hydrogens is 428 g/mol. The quantitative estimate of drug-likeness (QED) is 0.516. The third-order valence-corrected chi connectivity index (χ3v) is 5.76. The number of hydrogen-bond donors (Lipinski definition) is 1. The lowest BCUT2D eigenvalue weighted by molar-refractivity contribution is 0.0479. The van der Waals surface area contributed by atoms with Crippen LogP contribution in [-0.4, -0.2) is 61.5 Å². The molecule has 4 heterocycles. The van der Waals surface area contributed by atoms with Gasteiger partial charge < -0.3 is 24.1 Å². The van der Waals surface area contributed by atoms with Gasteiger partial charge in [-0.2, -0.15) is 0 Å². The van der Waals surface area contributed by atoms with Crippen molar-refractivity contribution in [2.45, 2.75) is 6.54 Å². The van der Waals surface area contributed by atoms with E-state index in [2.05, 4.69) is 9.98 Å². The molecule has 166 valence electrons. The Morgan fingerprint density at radius 3 is 2.88 bits per heavy atom. The van der Waals surface area contributed by atoms with Gasteiger partial charge in [0.15, 0.2) is 22.9 Å². The van der Waals surface area contributed by atoms with Gasteiger partial charge in [0.25, 0.3) is 0 Å². The van der Waals surface area contributed by atoms with Crippen LogP contribution in [0.4, 0.5) is 11.7 Å². The summed E-state index contributed by atoms with van der Waals surface area (Å²) in [5, 5.41) is 12.9. The number of rotatable bonds is 8. The van der Waals surface area contributed by atoms with Gasteiger partial charge in [-0.05, 0) is 43.8 Å². The first kappa shape index (κ1) is 21.8. The molecule has 0 amide bonds. The number of thiophene rings is 1. The number of nitrogens with zero attached hydrogens (tertiary/aromatic N) is 4. The summed E-state index contributed by atoms with van der Waals surface area (Å²) < 4.78 is 11.4. The van der Waals surface area contributed by atoms with Gasteiger partial charge in [-0.25, -0.2) is 14.8 Å². The zero-order valence-electron chi connectivity index (χ0n) is 18.1. The fraction of sp³-hybridized carbons (Fsp3) is 0.261. The van der Waals surface area contributed by atoms with Gasteiger partial charge in [-0.3, -0.25) is 0 Å². The van der Waals surface area contributed by atoms with Crippen molar-refractivity contribution in [2.24, 2.45) is 4.99 Å². The van der Waals surface area contributed by atoms with E-state index in [1.165, 1.54) is 0 Å². The van der Waals surface area contributed by atoms with Crippen molar-refractivity contribution in [1.29, 1.82) is 0 Å². The van der Waals surface area contributed by atoms with Crippen LogP contribution >= 0.6 is 11.3 Å². The summed E-state index contributed by atoms with van der Waals surface area (Å²) in [6.07, 6.45) is 4.98. The molecule has 1 aliphatic heterocycles. The molecule has 0 aromatic carbocycles. The van der Waals surface area contributed by atoms with Gasteiger partial charge in [0.05, 0.1) is 6.54 Å². The van der Waals surface area contributed by atoms with Crippen LogP contribution in [0, 0.1) is 0 Å². The summed E-state index contributed by atoms with van der Waals surface area (Å²) in [7, 11) is 5.59. The van der Waals surface area contributed by atoms with Gasteiger partial charge in [0.2, 0.25) is 5.88 Å². The lowest BCUT2D eigenvalue weighted by Gasteiger charge is -2.16. The average Bonchev–Trinajstić information content (AvgIpc) is 3.48. The first-order valence-electron chi connectivity index (χ1n) is 10.1. The third kappa shape index (κ3) is 4.58. The summed E-state index contributed by atoms with van der Waals surface area (Å²) in [6, 6.07) is 7.67. The number of esters is 1. The molecule has 0 aliphatic carbocycles. The van der Waals surface area contributed by atoms with Crippen LogP contribution in [0.5, 0.6) is 5.75 Å². The Labute approximate surface area is 190 Å². The fourth-order valence-corrected chi connectivity index (χ4v) is 4.02. The van der Waals surface area contributed by atoms with Gasteiger partial charge in [-0.1, -0.05) is 6.07 Å². The number of carbonyl (C=O) groups excluding carboxylic acids is 1. The number of hydrogen-bond acceptors (Lipinski definition) is 9. The summed E-state index contributed by atoms with van der Waals surface area (Å²) in [5.41, 5.74) is 1.57. The molecule has 1 aliphatic rings. The number of carbonyl (C=O) groups is 1. The molecule has 0 spiro atoms. The minimum absolute atomic E-state index is 0.0102. The number of fused-ring (bicyclic) bond motifs is 1. The van der Waals surface area contributed by atoms with E-state index in [0.717, 1.165) is 16.0 Å². The number of furan rings is 1. The molecule has 32 heavy (non-hydrogen) atoms. The molecule has 0 saturated carbocycles. The van der Waals surface area contributed by atoms with Crippen LogP contribution < -0.4 is 4.90 Å². The molecule has 3 aromatic heterocycles. The Hall–Kier alpha value is -3.43. The Bertz CT molecular complexity index is 1160. The van der Waals surface area contributed by atoms with Crippen molar-refractivity contribution in [3.05, 3.63) is 57.6 Å². The minimum atomic E-state index is -0.632. The summed E-state index contributed by atoms with van der Waals surface area (Å²) >= 11 is 1.60. The molecule has 4 rings (SSSR count). The van der Waals surface area contributed by atoms with Crippen LogP contribution in [0.3, 0.4) is 0 Å². The molecule has 0 atom stereocenters. The van der Waals surface area contributed by atoms with Crippen molar-refractivity contribution < 1.29 is 19.1 Å². The zero-order valence-corrected chi connectivity index (χ0v) is 18.9. The maximum absolute atomic E-state index is 12.9. The number of aliphatic imine (C=N–C) groups is 1. The summed E-state index contributed by atoms with van der Waals surface area (Å²) in [6.45, 7) is 1.29. The van der Waals surface area contributed by atoms with E-state index >= 15 is 0 Å². The Morgan fingerprint density at radius 1 is 1.28 bits per heavy atom. The molecule has 0 radical (unpaired) electrons. The van der Waals surface area contributed by atoms with Gasteiger partial charge >= 0.3 is 5.97 Å². The van der Waals surface area contributed by atoms with Gasteiger partial charge in [0, 0.05) is 42.0 Å². The highest BCUT2D eigenvalue weighted by atomic mass is 32.1. The largest absolute Gasteiger partial charge is 0.504 e. The predicted molar refractivity (Wildman–Crippen MR) is 126 cm³/mol. The van der Waals surface area contributed by atoms with Crippen molar-refractivity contribution in [3.63, 3.8) is 0 Å². The molecular formula is C23H24N4O4S. The predicted octanol–water partition coefficient (Wildman–Crippen LogP) is 4.05. The van der Waals surface area contributed by atoms with Crippen LogP contribution in [0.25, 0.3) is 11.6 Å². The lowest BCUT2D eigenvalue weighted by atomic mass is 10.1. The third-order valence-electron chi connectivity index (χ3n) is 4.90. The van der Waals surface area contributed by atoms with E-state index in [1.54, 1.807) is 34.7 Å². The number of pyridine rings is 1. The van der Waals surface area contributed by atoms with E-state index in [1.807, 2.05) is 55.7 Å². The van der Waals surface area contributed by atoms with E-state index in [0.29, 0.717) is 18.9 Å². The van der Waals surface area contributed by atoms with Crippen LogP contribution in [-0.2, 0) is 11.3 Å². The van der Waals surface area contributed by atoms with Gasteiger partial charge in [0.1, 0.15) is 6.61 Å². The lowest BCUT2D eigenvalue weighted by Crippen LogP contribution is -2.22. The first-order chi connectivity index (χ1) is 15.4. The van der Waals surface area contributed by atoms with Gasteiger partial charge in [-0.15, -0.1) is 11.3 Å². The topological polar surface area (TPSA) is 91.4 Å². The van der Waals surface area contributed by atoms with Crippen LogP contribution in [0.1, 0.15) is 26.6 Å². The molecule has 3 aromatic rings. The van der Waals surface area contributed by atoms with Crippen molar-refractivity contribution in [3.8, 4) is 5.75 Å². The van der Waals surface area contributed by atoms with Crippen LogP contribution in [0.15, 0.2) is 45.3 Å². The number of aromatic nitrogens is 1. The van der Waals surface area contributed by atoms with E-state index in [4.69, 9.17) is 9.15 Å². The monoisotopic (exact) mass is 452 g/mol. The average molecular weight is 453 g/mol. The highest BCUT2D eigenvalue weighted by Crippen LogP contribution is 2.40. The maximum Gasteiger partial charge on any atom is 0.347 e. The Kier molecular flexibility index (Phi) is 6.38. The van der Waals surface area contributed by atoms with Crippen molar-refractivity contribution in [2.75, 3.05) is 39.2 Å². The zero-order chi connectivity index (χ0) is 22.7. The number of anilines is 1. The molecule has 0 bridgehead atoms. The fourth-order valence-electron chi connectivity index (χ4n) is 3.26. The van der Waals surface area contributed by atoms with E-state index < -0.39 is 5.97 Å². The number of likely N-dealkylation sites (N-methyl/N-ethyl adjacent to an activating group) is 1. The number of allylic oxidation sites excluding steroid dienone is 1. The Morgan fingerprint density at radius 2 is 2.12 bits per heavy atom. The van der Waals surface area contributed by atoms with Crippen molar-refractivity contribution >= 4 is 46.9 Å². The maximum atomic E-state index is 12.9. The molecule has 0 unspecified atom stereocenters. The number of ether oxygens (including phenoxy) is 1. The molecule has 0 fully saturated rings. The molecule has 8 nitrogen and oxygen atoms in total. The highest BCUT2D eigenvalue weighted by molar-refractivity contribution is 7.09. The molecule has 9 heteroatoms. The van der Waals surface area contributed by atoms with E-state index in [9.17, 15) is 9.90 Å². The normalized spacial score (nSPS) is 13.7. The second-order valence-corrected chi connectivity index (χ2v) is 8.63. The minimum Gasteiger partial charge on any atom is -0.504 e. The summed E-state index contributed by atoms with van der Waals surface area (Å²) in [5.74, 6) is 0.122. The Balaban J connectivity index is 1.69. The summed E-state index contributed by atoms with van der Waals surface area (Å²) in [4.78, 5) is 26.2. The molecule has 1 N–H and O–H groups in total. The molecule has 0 saturated heterocycles. The highest BCUT2D eigenvalue weighted by Gasteiger charge is 2.29.